The molecule has 17 heavy (non-hydrogen) atoms. The van der Waals surface area contributed by atoms with Gasteiger partial charge in [0.25, 0.3) is 0 Å². The highest BCUT2D eigenvalue weighted by Crippen LogP contribution is 2.65. The highest BCUT2D eigenvalue weighted by atomic mass is 19.1. The molecule has 0 unspecified atom stereocenters. The standard InChI is InChI=1S/C14H21FN2/c1-14(2)11(8-16)13(14)10-7-9(15)5-6-12(10)17(3)4/h5-7,11,13H,8,16H2,1-4H3/t11-,13-/m0/s1. The Bertz CT molecular complexity index is 426. The van der Waals surface area contributed by atoms with E-state index in [1.54, 1.807) is 6.07 Å². The first-order valence-electron chi connectivity index (χ1n) is 6.06. The van der Waals surface area contributed by atoms with Gasteiger partial charge in [-0.05, 0) is 47.6 Å². The summed E-state index contributed by atoms with van der Waals surface area (Å²) in [4.78, 5) is 2.04. The number of anilines is 1. The number of hydrogen-bond donors (Lipinski definition) is 1. The van der Waals surface area contributed by atoms with Gasteiger partial charge in [-0.3, -0.25) is 0 Å². The second-order valence-corrected chi connectivity index (χ2v) is 5.74. The second kappa shape index (κ2) is 3.98. The zero-order chi connectivity index (χ0) is 12.8. The third-order valence-corrected chi connectivity index (χ3v) is 4.11. The Balaban J connectivity index is 2.42. The minimum Gasteiger partial charge on any atom is -0.377 e. The molecule has 0 heterocycles. The summed E-state index contributed by atoms with van der Waals surface area (Å²) in [6.07, 6.45) is 0. The largest absolute Gasteiger partial charge is 0.377 e. The highest BCUT2D eigenvalue weighted by Gasteiger charge is 2.57. The average molecular weight is 236 g/mol. The van der Waals surface area contributed by atoms with Crippen molar-refractivity contribution >= 4 is 5.69 Å². The van der Waals surface area contributed by atoms with E-state index < -0.39 is 0 Å². The van der Waals surface area contributed by atoms with Crippen LogP contribution < -0.4 is 10.6 Å². The third-order valence-electron chi connectivity index (χ3n) is 4.11. The molecule has 1 aromatic carbocycles. The number of benzene rings is 1. The zero-order valence-electron chi connectivity index (χ0n) is 11.0. The van der Waals surface area contributed by atoms with Crippen LogP contribution in [0.3, 0.4) is 0 Å². The molecule has 3 heteroatoms. The summed E-state index contributed by atoms with van der Waals surface area (Å²) in [5.74, 6) is 0.674. The Morgan fingerprint density at radius 1 is 1.35 bits per heavy atom. The molecule has 0 aliphatic heterocycles. The van der Waals surface area contributed by atoms with Gasteiger partial charge in [-0.1, -0.05) is 13.8 Å². The van der Waals surface area contributed by atoms with Gasteiger partial charge in [-0.15, -0.1) is 0 Å². The summed E-state index contributed by atoms with van der Waals surface area (Å²) in [5.41, 5.74) is 8.17. The first kappa shape index (κ1) is 12.4. The highest BCUT2D eigenvalue weighted by molar-refractivity contribution is 5.57. The van der Waals surface area contributed by atoms with Crippen LogP contribution in [-0.4, -0.2) is 20.6 Å². The summed E-state index contributed by atoms with van der Waals surface area (Å²) < 4.78 is 13.4. The van der Waals surface area contributed by atoms with Crippen molar-refractivity contribution in [3.8, 4) is 0 Å². The third kappa shape index (κ3) is 1.93. The maximum Gasteiger partial charge on any atom is 0.123 e. The van der Waals surface area contributed by atoms with Crippen molar-refractivity contribution in [1.82, 2.24) is 0 Å². The van der Waals surface area contributed by atoms with Gasteiger partial charge in [0.05, 0.1) is 0 Å². The van der Waals surface area contributed by atoms with Gasteiger partial charge >= 0.3 is 0 Å². The lowest BCUT2D eigenvalue weighted by molar-refractivity contribution is 0.558. The Morgan fingerprint density at radius 2 is 2.00 bits per heavy atom. The molecule has 0 spiro atoms. The summed E-state index contributed by atoms with van der Waals surface area (Å²) in [5, 5.41) is 0. The van der Waals surface area contributed by atoms with Gasteiger partial charge in [0, 0.05) is 19.8 Å². The van der Waals surface area contributed by atoms with Gasteiger partial charge in [-0.25, -0.2) is 4.39 Å². The van der Waals surface area contributed by atoms with E-state index in [-0.39, 0.29) is 11.2 Å². The van der Waals surface area contributed by atoms with E-state index in [2.05, 4.69) is 13.8 Å². The van der Waals surface area contributed by atoms with Gasteiger partial charge in [0.15, 0.2) is 0 Å². The van der Waals surface area contributed by atoms with Crippen LogP contribution in [0.1, 0.15) is 25.3 Å². The molecule has 0 saturated heterocycles. The van der Waals surface area contributed by atoms with Crippen molar-refractivity contribution in [2.45, 2.75) is 19.8 Å². The molecular weight excluding hydrogens is 215 g/mol. The van der Waals surface area contributed by atoms with Crippen LogP contribution in [0.5, 0.6) is 0 Å². The molecule has 94 valence electrons. The fraction of sp³-hybridized carbons (Fsp3) is 0.571. The van der Waals surface area contributed by atoms with Crippen LogP contribution in [-0.2, 0) is 0 Å². The molecule has 2 rings (SSSR count). The predicted octanol–water partition coefficient (Wildman–Crippen LogP) is 2.59. The fourth-order valence-electron chi connectivity index (χ4n) is 2.98. The van der Waals surface area contributed by atoms with Crippen molar-refractivity contribution in [3.63, 3.8) is 0 Å². The maximum absolute atomic E-state index is 13.4. The molecule has 0 amide bonds. The van der Waals surface area contributed by atoms with E-state index in [0.717, 1.165) is 11.3 Å². The molecule has 0 radical (unpaired) electrons. The summed E-state index contributed by atoms with van der Waals surface area (Å²) in [6, 6.07) is 5.04. The van der Waals surface area contributed by atoms with Crippen molar-refractivity contribution < 1.29 is 4.39 Å². The van der Waals surface area contributed by atoms with Gasteiger partial charge in [0.1, 0.15) is 5.82 Å². The molecule has 0 bridgehead atoms. The minimum absolute atomic E-state index is 0.163. The number of rotatable bonds is 3. The van der Waals surface area contributed by atoms with Crippen LogP contribution in [0.4, 0.5) is 10.1 Å². The van der Waals surface area contributed by atoms with Gasteiger partial charge in [-0.2, -0.15) is 0 Å². The molecular formula is C14H21FN2. The normalized spacial score (nSPS) is 25.8. The summed E-state index contributed by atoms with van der Waals surface area (Å²) >= 11 is 0. The molecule has 2 atom stereocenters. The first-order valence-corrected chi connectivity index (χ1v) is 6.06. The molecule has 2 nitrogen and oxygen atoms in total. The molecule has 1 aliphatic carbocycles. The summed E-state index contributed by atoms with van der Waals surface area (Å²) in [6.45, 7) is 5.08. The minimum atomic E-state index is -0.163. The van der Waals surface area contributed by atoms with Crippen molar-refractivity contribution in [2.24, 2.45) is 17.1 Å². The molecule has 1 fully saturated rings. The summed E-state index contributed by atoms with van der Waals surface area (Å²) in [7, 11) is 3.98. The lowest BCUT2D eigenvalue weighted by atomic mass is 10.0. The monoisotopic (exact) mass is 236 g/mol. The smallest absolute Gasteiger partial charge is 0.123 e. The molecule has 0 aromatic heterocycles. The molecule has 1 aliphatic rings. The van der Waals surface area contributed by atoms with Crippen LogP contribution in [0.25, 0.3) is 0 Å². The van der Waals surface area contributed by atoms with Crippen molar-refractivity contribution in [3.05, 3.63) is 29.6 Å². The molecule has 1 aromatic rings. The lowest BCUT2D eigenvalue weighted by Gasteiger charge is -2.18. The van der Waals surface area contributed by atoms with Gasteiger partial charge in [0.2, 0.25) is 0 Å². The van der Waals surface area contributed by atoms with Crippen LogP contribution >= 0.6 is 0 Å². The number of nitrogens with two attached hydrogens (primary N) is 1. The zero-order valence-corrected chi connectivity index (χ0v) is 11.0. The van der Waals surface area contributed by atoms with E-state index in [4.69, 9.17) is 5.73 Å². The molecule has 2 N–H and O–H groups in total. The van der Waals surface area contributed by atoms with Crippen molar-refractivity contribution in [1.29, 1.82) is 0 Å². The fourth-order valence-corrected chi connectivity index (χ4v) is 2.98. The first-order chi connectivity index (χ1) is 7.89. The van der Waals surface area contributed by atoms with E-state index in [0.29, 0.717) is 18.4 Å². The SMILES string of the molecule is CN(C)c1ccc(F)cc1[C@H]1[C@H](CN)C1(C)C. The quantitative estimate of drug-likeness (QED) is 0.874. The van der Waals surface area contributed by atoms with Crippen LogP contribution in [0.2, 0.25) is 0 Å². The molecule has 1 saturated carbocycles. The number of halogens is 1. The number of nitrogens with zero attached hydrogens (tertiary/aromatic N) is 1. The van der Waals surface area contributed by atoms with Crippen molar-refractivity contribution in [2.75, 3.05) is 25.5 Å². The Kier molecular flexibility index (Phi) is 2.90. The lowest BCUT2D eigenvalue weighted by Crippen LogP contribution is -2.12. The van der Waals surface area contributed by atoms with Crippen LogP contribution in [0, 0.1) is 17.2 Å². The van der Waals surface area contributed by atoms with E-state index in [9.17, 15) is 4.39 Å². The topological polar surface area (TPSA) is 29.3 Å². The van der Waals surface area contributed by atoms with Crippen LogP contribution in [0.15, 0.2) is 18.2 Å². The van der Waals surface area contributed by atoms with E-state index in [1.165, 1.54) is 6.07 Å². The second-order valence-electron chi connectivity index (χ2n) is 5.74. The maximum atomic E-state index is 13.4. The number of hydrogen-bond acceptors (Lipinski definition) is 2. The van der Waals surface area contributed by atoms with E-state index >= 15 is 0 Å². The average Bonchev–Trinajstić information content (AvgIpc) is 2.79. The van der Waals surface area contributed by atoms with Gasteiger partial charge < -0.3 is 10.6 Å². The van der Waals surface area contributed by atoms with E-state index in [1.807, 2.05) is 25.1 Å². The Labute approximate surface area is 103 Å². The Hall–Kier alpha value is -1.09. The predicted molar refractivity (Wildman–Crippen MR) is 69.8 cm³/mol. The Morgan fingerprint density at radius 3 is 2.47 bits per heavy atom.